The van der Waals surface area contributed by atoms with Crippen molar-refractivity contribution in [1.29, 1.82) is 0 Å². The molecule has 0 aliphatic carbocycles. The average molecular weight is 407 g/mol. The topological polar surface area (TPSA) is 49.3 Å². The Morgan fingerprint density at radius 3 is 2.20 bits per heavy atom. The molecular weight excluding hydrogens is 400 g/mol. The molecule has 7 heteroatoms. The Morgan fingerprint density at radius 1 is 1.10 bits per heavy atom. The van der Waals surface area contributed by atoms with Gasteiger partial charge in [-0.1, -0.05) is 15.9 Å². The largest absolute Gasteiger partial charge is 0.478 e. The van der Waals surface area contributed by atoms with Crippen molar-refractivity contribution in [2.75, 3.05) is 5.32 Å². The number of halogens is 4. The summed E-state index contributed by atoms with van der Waals surface area (Å²) in [6.07, 6.45) is 0. The number of hydrogen-bond donors (Lipinski definition) is 2. The first-order valence-corrected chi connectivity index (χ1v) is 6.91. The number of aromatic carboxylic acids is 1. The second-order valence-electron chi connectivity index (χ2n) is 3.87. The highest BCUT2D eigenvalue weighted by molar-refractivity contribution is 9.11. The molecule has 2 rings (SSSR count). The standard InChI is InChI=1S/C13H7Br2F2NO2/c14-7-1-2-11(8(15)5-7)18-12-9(16)3-6(13(19)20)4-10(12)17/h1-5,18H,(H,19,20). The van der Waals surface area contributed by atoms with Crippen LogP contribution < -0.4 is 5.32 Å². The molecule has 0 unspecified atom stereocenters. The maximum Gasteiger partial charge on any atom is 0.335 e. The van der Waals surface area contributed by atoms with Crippen molar-refractivity contribution in [3.05, 3.63) is 56.5 Å². The second kappa shape index (κ2) is 5.88. The van der Waals surface area contributed by atoms with Crippen LogP contribution in [0.5, 0.6) is 0 Å². The monoisotopic (exact) mass is 405 g/mol. The predicted octanol–water partition coefficient (Wildman–Crippen LogP) is 4.93. The highest BCUT2D eigenvalue weighted by Crippen LogP contribution is 2.31. The van der Waals surface area contributed by atoms with E-state index in [9.17, 15) is 13.6 Å². The Balaban J connectivity index is 2.41. The van der Waals surface area contributed by atoms with Gasteiger partial charge in [-0.15, -0.1) is 0 Å². The molecule has 0 radical (unpaired) electrons. The maximum atomic E-state index is 13.8. The minimum Gasteiger partial charge on any atom is -0.478 e. The van der Waals surface area contributed by atoms with E-state index in [1.807, 2.05) is 0 Å². The summed E-state index contributed by atoms with van der Waals surface area (Å²) in [5.41, 5.74) is -0.396. The summed E-state index contributed by atoms with van der Waals surface area (Å²) in [6, 6.07) is 6.57. The molecule has 0 heterocycles. The van der Waals surface area contributed by atoms with E-state index >= 15 is 0 Å². The fourth-order valence-electron chi connectivity index (χ4n) is 1.54. The lowest BCUT2D eigenvalue weighted by Crippen LogP contribution is -2.03. The Morgan fingerprint density at radius 2 is 1.70 bits per heavy atom. The average Bonchev–Trinajstić information content (AvgIpc) is 2.35. The van der Waals surface area contributed by atoms with Crippen molar-refractivity contribution in [2.24, 2.45) is 0 Å². The van der Waals surface area contributed by atoms with Crippen molar-refractivity contribution in [2.45, 2.75) is 0 Å². The van der Waals surface area contributed by atoms with Crippen LogP contribution in [0.1, 0.15) is 10.4 Å². The van der Waals surface area contributed by atoms with Crippen LogP contribution in [-0.4, -0.2) is 11.1 Å². The molecule has 0 aliphatic heterocycles. The summed E-state index contributed by atoms with van der Waals surface area (Å²) in [7, 11) is 0. The molecule has 0 amide bonds. The summed E-state index contributed by atoms with van der Waals surface area (Å²) in [5.74, 6) is -3.34. The molecule has 2 aromatic rings. The number of benzene rings is 2. The van der Waals surface area contributed by atoms with Gasteiger partial charge in [0.05, 0.1) is 11.3 Å². The van der Waals surface area contributed by atoms with E-state index in [0.29, 0.717) is 10.2 Å². The zero-order valence-corrected chi connectivity index (χ0v) is 12.9. The number of carbonyl (C=O) groups is 1. The normalized spacial score (nSPS) is 10.4. The van der Waals surface area contributed by atoms with E-state index in [2.05, 4.69) is 37.2 Å². The van der Waals surface area contributed by atoms with Gasteiger partial charge in [0, 0.05) is 8.95 Å². The van der Waals surface area contributed by atoms with E-state index in [1.165, 1.54) is 0 Å². The molecule has 0 atom stereocenters. The summed E-state index contributed by atoms with van der Waals surface area (Å²) >= 11 is 6.52. The van der Waals surface area contributed by atoms with E-state index in [0.717, 1.165) is 16.6 Å². The van der Waals surface area contributed by atoms with Gasteiger partial charge in [-0.05, 0) is 46.3 Å². The second-order valence-corrected chi connectivity index (χ2v) is 5.64. The molecule has 3 nitrogen and oxygen atoms in total. The van der Waals surface area contributed by atoms with Crippen LogP contribution in [0.3, 0.4) is 0 Å². The van der Waals surface area contributed by atoms with Crippen LogP contribution in [0.2, 0.25) is 0 Å². The van der Waals surface area contributed by atoms with Gasteiger partial charge >= 0.3 is 5.97 Å². The molecule has 0 spiro atoms. The predicted molar refractivity (Wildman–Crippen MR) is 78.4 cm³/mol. The third kappa shape index (κ3) is 3.16. The zero-order valence-electron chi connectivity index (χ0n) is 9.75. The minimum atomic E-state index is -1.39. The quantitative estimate of drug-likeness (QED) is 0.759. The fourth-order valence-corrected chi connectivity index (χ4v) is 2.69. The van der Waals surface area contributed by atoms with Crippen LogP contribution >= 0.6 is 31.9 Å². The molecule has 0 aliphatic rings. The van der Waals surface area contributed by atoms with Crippen LogP contribution in [0, 0.1) is 11.6 Å². The lowest BCUT2D eigenvalue weighted by Gasteiger charge is -2.11. The van der Waals surface area contributed by atoms with Gasteiger partial charge in [0.25, 0.3) is 0 Å². The first kappa shape index (κ1) is 14.9. The van der Waals surface area contributed by atoms with Crippen molar-refractivity contribution in [3.8, 4) is 0 Å². The Hall–Kier alpha value is -1.47. The summed E-state index contributed by atoms with van der Waals surface area (Å²) in [4.78, 5) is 10.7. The first-order valence-electron chi connectivity index (χ1n) is 5.33. The maximum absolute atomic E-state index is 13.8. The van der Waals surface area contributed by atoms with Crippen LogP contribution in [-0.2, 0) is 0 Å². The molecule has 2 aromatic carbocycles. The summed E-state index contributed by atoms with van der Waals surface area (Å²) in [5, 5.41) is 11.3. The number of hydrogen-bond acceptors (Lipinski definition) is 2. The number of anilines is 2. The van der Waals surface area contributed by atoms with E-state index in [1.54, 1.807) is 18.2 Å². The van der Waals surface area contributed by atoms with Gasteiger partial charge in [0.1, 0.15) is 5.69 Å². The number of rotatable bonds is 3. The summed E-state index contributed by atoms with van der Waals surface area (Å²) < 4.78 is 29.0. The number of carboxylic acid groups (broad SMARTS) is 1. The van der Waals surface area contributed by atoms with Crippen molar-refractivity contribution in [3.63, 3.8) is 0 Å². The van der Waals surface area contributed by atoms with Gasteiger partial charge < -0.3 is 10.4 Å². The summed E-state index contributed by atoms with van der Waals surface area (Å²) in [6.45, 7) is 0. The van der Waals surface area contributed by atoms with Crippen LogP contribution in [0.15, 0.2) is 39.3 Å². The number of carboxylic acids is 1. The molecule has 0 bridgehead atoms. The molecule has 20 heavy (non-hydrogen) atoms. The van der Waals surface area contributed by atoms with Crippen molar-refractivity contribution in [1.82, 2.24) is 0 Å². The Kier molecular flexibility index (Phi) is 4.39. The van der Waals surface area contributed by atoms with Gasteiger partial charge in [0.15, 0.2) is 11.6 Å². The van der Waals surface area contributed by atoms with Crippen LogP contribution in [0.4, 0.5) is 20.2 Å². The SMILES string of the molecule is O=C(O)c1cc(F)c(Nc2ccc(Br)cc2Br)c(F)c1. The van der Waals surface area contributed by atoms with Gasteiger partial charge in [-0.25, -0.2) is 13.6 Å². The third-order valence-corrected chi connectivity index (χ3v) is 3.63. The zero-order chi connectivity index (χ0) is 14.9. The Labute approximate surface area is 129 Å². The highest BCUT2D eigenvalue weighted by Gasteiger charge is 2.15. The first-order chi connectivity index (χ1) is 9.38. The lowest BCUT2D eigenvalue weighted by molar-refractivity contribution is 0.0696. The highest BCUT2D eigenvalue weighted by atomic mass is 79.9. The molecule has 2 N–H and O–H groups in total. The molecular formula is C13H7Br2F2NO2. The number of nitrogens with one attached hydrogen (secondary N) is 1. The fraction of sp³-hybridized carbons (Fsp3) is 0. The molecule has 0 saturated carbocycles. The molecule has 0 aromatic heterocycles. The van der Waals surface area contributed by atoms with Crippen molar-refractivity contribution >= 4 is 49.2 Å². The van der Waals surface area contributed by atoms with E-state index in [4.69, 9.17) is 5.11 Å². The van der Waals surface area contributed by atoms with Crippen LogP contribution in [0.25, 0.3) is 0 Å². The van der Waals surface area contributed by atoms with Gasteiger partial charge in [-0.2, -0.15) is 0 Å². The lowest BCUT2D eigenvalue weighted by atomic mass is 10.2. The third-order valence-electron chi connectivity index (χ3n) is 2.48. The molecule has 0 saturated heterocycles. The van der Waals surface area contributed by atoms with Crippen molar-refractivity contribution < 1.29 is 18.7 Å². The minimum absolute atomic E-state index is 0.405. The molecule has 0 fully saturated rings. The van der Waals surface area contributed by atoms with E-state index < -0.39 is 28.9 Å². The van der Waals surface area contributed by atoms with Gasteiger partial charge in [-0.3, -0.25) is 0 Å². The smallest absolute Gasteiger partial charge is 0.335 e. The molecule has 104 valence electrons. The van der Waals surface area contributed by atoms with Gasteiger partial charge in [0.2, 0.25) is 0 Å². The van der Waals surface area contributed by atoms with E-state index in [-0.39, 0.29) is 0 Å². The Bertz CT molecular complexity index is 669.